The zero-order chi connectivity index (χ0) is 27.9. The Morgan fingerprint density at radius 1 is 1.05 bits per heavy atom. The van der Waals surface area contributed by atoms with E-state index in [1.54, 1.807) is 11.8 Å². The van der Waals surface area contributed by atoms with Gasteiger partial charge in [-0.05, 0) is 68.5 Å². The largest absolute Gasteiger partial charge is 0.507 e. The number of aliphatic hydroxyl groups excluding tert-OH is 1. The van der Waals surface area contributed by atoms with E-state index in [9.17, 15) is 19.8 Å². The van der Waals surface area contributed by atoms with E-state index in [-0.39, 0.29) is 18.4 Å². The zero-order valence-electron chi connectivity index (χ0n) is 23.0. The summed E-state index contributed by atoms with van der Waals surface area (Å²) in [6.07, 6.45) is 0.947. The zero-order valence-corrected chi connectivity index (χ0v) is 23.0. The van der Waals surface area contributed by atoms with Crippen LogP contribution in [0.15, 0.2) is 18.2 Å². The number of amides is 2. The molecule has 2 amide bonds. The van der Waals surface area contributed by atoms with E-state index in [1.807, 2.05) is 39.0 Å². The van der Waals surface area contributed by atoms with Gasteiger partial charge in [-0.2, -0.15) is 0 Å². The molecule has 5 rings (SSSR count). The first-order chi connectivity index (χ1) is 18.6. The summed E-state index contributed by atoms with van der Waals surface area (Å²) in [6.45, 7) is 10.1. The number of hydrogen-bond acceptors (Lipinski definition) is 8. The Labute approximate surface area is 228 Å². The molecule has 3 aliphatic heterocycles. The van der Waals surface area contributed by atoms with Gasteiger partial charge in [-0.1, -0.05) is 6.07 Å². The molecule has 210 valence electrons. The molecule has 0 spiro atoms. The van der Waals surface area contributed by atoms with Crippen molar-refractivity contribution in [3.05, 3.63) is 46.0 Å². The molecule has 3 heterocycles. The summed E-state index contributed by atoms with van der Waals surface area (Å²) in [5.74, 6) is 1.62. The molecule has 0 aromatic heterocycles. The number of phenolic OH excluding ortho intramolecular Hbond substituents is 1. The van der Waals surface area contributed by atoms with Crippen LogP contribution in [-0.2, 0) is 22.6 Å². The highest BCUT2D eigenvalue weighted by Crippen LogP contribution is 2.43. The smallest absolute Gasteiger partial charge is 0.264 e. The molecule has 2 atom stereocenters. The second kappa shape index (κ2) is 10.6. The van der Waals surface area contributed by atoms with Crippen molar-refractivity contribution >= 4 is 11.8 Å². The van der Waals surface area contributed by atoms with Crippen molar-refractivity contribution in [2.75, 3.05) is 39.6 Å². The predicted molar refractivity (Wildman–Crippen MR) is 143 cm³/mol. The highest BCUT2D eigenvalue weighted by molar-refractivity contribution is 5.92. The van der Waals surface area contributed by atoms with Crippen molar-refractivity contribution in [1.29, 1.82) is 0 Å². The maximum atomic E-state index is 13.4. The minimum atomic E-state index is -1.20. The van der Waals surface area contributed by atoms with Gasteiger partial charge in [-0.15, -0.1) is 0 Å². The van der Waals surface area contributed by atoms with Gasteiger partial charge >= 0.3 is 0 Å². The normalized spacial score (nSPS) is 21.2. The average molecular weight is 540 g/mol. The highest BCUT2D eigenvalue weighted by atomic mass is 16.7. The number of phenols is 1. The highest BCUT2D eigenvalue weighted by Gasteiger charge is 2.42. The van der Waals surface area contributed by atoms with Crippen LogP contribution < -0.4 is 19.5 Å². The fourth-order valence-electron chi connectivity index (χ4n) is 5.55. The molecule has 0 aliphatic carbocycles. The molecule has 0 radical (unpaired) electrons. The number of nitrogens with one attached hydrogen (secondary N) is 1. The van der Waals surface area contributed by atoms with E-state index in [2.05, 4.69) is 10.2 Å². The van der Waals surface area contributed by atoms with E-state index in [1.165, 1.54) is 0 Å². The molecular weight excluding hydrogens is 502 g/mol. The maximum Gasteiger partial charge on any atom is 0.264 e. The Balaban J connectivity index is 1.18. The van der Waals surface area contributed by atoms with Crippen molar-refractivity contribution in [3.8, 4) is 23.0 Å². The lowest BCUT2D eigenvalue weighted by atomic mass is 9.86. The second-order valence-electron chi connectivity index (χ2n) is 10.9. The van der Waals surface area contributed by atoms with Crippen molar-refractivity contribution in [3.63, 3.8) is 0 Å². The number of nitrogens with zero attached hydrogens (tertiary/aromatic N) is 2. The Kier molecular flexibility index (Phi) is 7.35. The van der Waals surface area contributed by atoms with Gasteiger partial charge in [0.05, 0.1) is 6.61 Å². The molecule has 0 bridgehead atoms. The number of ether oxygens (including phenoxy) is 3. The number of aliphatic hydroxyl groups is 1. The second-order valence-corrected chi connectivity index (χ2v) is 10.9. The van der Waals surface area contributed by atoms with Gasteiger partial charge in [0.15, 0.2) is 17.1 Å². The first kappa shape index (κ1) is 27.1. The minimum absolute atomic E-state index is 0.240. The third-order valence-corrected chi connectivity index (χ3v) is 8.31. The van der Waals surface area contributed by atoms with Crippen LogP contribution in [0.2, 0.25) is 0 Å². The number of fused-ring (bicyclic) bond motifs is 2. The lowest BCUT2D eigenvalue weighted by molar-refractivity contribution is -0.144. The lowest BCUT2D eigenvalue weighted by Gasteiger charge is -2.39. The van der Waals surface area contributed by atoms with Crippen LogP contribution in [0.4, 0.5) is 0 Å². The Bertz CT molecular complexity index is 1290. The van der Waals surface area contributed by atoms with Crippen LogP contribution in [0.1, 0.15) is 41.2 Å². The molecule has 1 fully saturated rings. The number of carbonyl (C=O) groups is 2. The van der Waals surface area contributed by atoms with E-state index in [4.69, 9.17) is 14.2 Å². The molecular formula is C29H37N3O7. The Morgan fingerprint density at radius 3 is 2.49 bits per heavy atom. The van der Waals surface area contributed by atoms with Crippen LogP contribution >= 0.6 is 0 Å². The molecule has 39 heavy (non-hydrogen) atoms. The number of rotatable bonds is 6. The Morgan fingerprint density at radius 2 is 1.77 bits per heavy atom. The van der Waals surface area contributed by atoms with E-state index >= 15 is 0 Å². The van der Waals surface area contributed by atoms with Crippen molar-refractivity contribution in [1.82, 2.24) is 15.1 Å². The first-order valence-electron chi connectivity index (χ1n) is 13.4. The summed E-state index contributed by atoms with van der Waals surface area (Å²) in [7, 11) is 0. The molecule has 2 aromatic rings. The van der Waals surface area contributed by atoms with Crippen LogP contribution in [0, 0.1) is 20.8 Å². The third kappa shape index (κ3) is 5.10. The van der Waals surface area contributed by atoms with Crippen molar-refractivity contribution in [2.45, 2.75) is 58.7 Å². The number of benzene rings is 2. The van der Waals surface area contributed by atoms with Crippen LogP contribution in [0.5, 0.6) is 23.0 Å². The molecule has 10 nitrogen and oxygen atoms in total. The summed E-state index contributed by atoms with van der Waals surface area (Å²) < 4.78 is 17.1. The molecule has 2 aromatic carbocycles. The van der Waals surface area contributed by atoms with Gasteiger partial charge in [0, 0.05) is 44.7 Å². The maximum absolute atomic E-state index is 13.4. The van der Waals surface area contributed by atoms with Gasteiger partial charge in [0.1, 0.15) is 17.5 Å². The monoisotopic (exact) mass is 539 g/mol. The van der Waals surface area contributed by atoms with E-state index in [0.29, 0.717) is 44.8 Å². The fraction of sp³-hybridized carbons (Fsp3) is 0.517. The summed E-state index contributed by atoms with van der Waals surface area (Å²) in [5, 5.41) is 23.2. The fourth-order valence-corrected chi connectivity index (χ4v) is 5.55. The quantitative estimate of drug-likeness (QED) is 0.510. The van der Waals surface area contributed by atoms with Crippen molar-refractivity contribution in [2.24, 2.45) is 0 Å². The van der Waals surface area contributed by atoms with Crippen LogP contribution in [-0.4, -0.2) is 83.0 Å². The molecule has 1 saturated heterocycles. The molecule has 2 unspecified atom stereocenters. The topological polar surface area (TPSA) is 121 Å². The van der Waals surface area contributed by atoms with E-state index < -0.39 is 24.2 Å². The lowest BCUT2D eigenvalue weighted by Crippen LogP contribution is -2.60. The standard InChI is InChI=1S/C29H37N3O7/c1-17-18(2)26-21(19(3)25(17)34)7-8-29(4,39-26)28(36)30-22(15-33)27(35)32-11-9-31(10-12-32)14-20-5-6-23-24(13-20)38-16-37-23/h5-6,13,22,33-34H,7-12,14-16H2,1-4H3,(H,30,36). The SMILES string of the molecule is Cc1c(C)c2c(c(C)c1O)CCC(C)(C(=O)NC(CO)C(=O)N1CCN(Cc3ccc4c(c3)OCO4)CC1)O2. The summed E-state index contributed by atoms with van der Waals surface area (Å²) in [6, 6.07) is 4.86. The number of piperazine rings is 1. The predicted octanol–water partition coefficient (Wildman–Crippen LogP) is 1.95. The van der Waals surface area contributed by atoms with Crippen molar-refractivity contribution < 1.29 is 34.0 Å². The van der Waals surface area contributed by atoms with Gasteiger partial charge < -0.3 is 34.6 Å². The van der Waals surface area contributed by atoms with Gasteiger partial charge in [0.25, 0.3) is 5.91 Å². The Hall–Kier alpha value is -3.50. The summed E-state index contributed by atoms with van der Waals surface area (Å²) in [4.78, 5) is 30.6. The van der Waals surface area contributed by atoms with Gasteiger partial charge in [0.2, 0.25) is 12.7 Å². The first-order valence-corrected chi connectivity index (χ1v) is 13.4. The van der Waals surface area contributed by atoms with Gasteiger partial charge in [-0.25, -0.2) is 0 Å². The number of aromatic hydroxyl groups is 1. The van der Waals surface area contributed by atoms with E-state index in [0.717, 1.165) is 45.9 Å². The molecule has 3 aliphatic rings. The van der Waals surface area contributed by atoms with Crippen LogP contribution in [0.25, 0.3) is 0 Å². The van der Waals surface area contributed by atoms with Gasteiger partial charge in [-0.3, -0.25) is 14.5 Å². The number of hydrogen-bond donors (Lipinski definition) is 3. The molecule has 0 saturated carbocycles. The third-order valence-electron chi connectivity index (χ3n) is 8.31. The average Bonchev–Trinajstić information content (AvgIpc) is 3.41. The summed E-state index contributed by atoms with van der Waals surface area (Å²) >= 11 is 0. The summed E-state index contributed by atoms with van der Waals surface area (Å²) in [5.41, 5.74) is 3.07. The van der Waals surface area contributed by atoms with Crippen LogP contribution in [0.3, 0.4) is 0 Å². The minimum Gasteiger partial charge on any atom is -0.507 e. The number of carbonyl (C=O) groups excluding carboxylic acids is 2. The molecule has 10 heteroatoms. The molecule has 3 N–H and O–H groups in total.